The summed E-state index contributed by atoms with van der Waals surface area (Å²) in [6.45, 7) is -0.928. The molecule has 1 aliphatic heterocycles. The highest BCUT2D eigenvalue weighted by Crippen LogP contribution is 2.41. The van der Waals surface area contributed by atoms with E-state index in [4.69, 9.17) is 10.5 Å². The molecule has 1 aliphatic rings. The zero-order valence-corrected chi connectivity index (χ0v) is 10.5. The van der Waals surface area contributed by atoms with E-state index in [9.17, 15) is 14.6 Å². The Morgan fingerprint density at radius 2 is 2.20 bits per heavy atom. The fourth-order valence-electron chi connectivity index (χ4n) is 2.40. The van der Waals surface area contributed by atoms with Crippen molar-refractivity contribution in [2.24, 2.45) is 0 Å². The summed E-state index contributed by atoms with van der Waals surface area (Å²) >= 11 is 0. The van der Waals surface area contributed by atoms with Gasteiger partial charge in [0.1, 0.15) is 24.2 Å². The van der Waals surface area contributed by atoms with Crippen LogP contribution >= 0.6 is 0 Å². The van der Waals surface area contributed by atoms with Gasteiger partial charge in [0, 0.05) is 6.42 Å². The Balaban J connectivity index is 2.02. The highest BCUT2D eigenvalue weighted by Gasteiger charge is 2.48. The van der Waals surface area contributed by atoms with Gasteiger partial charge in [0.15, 0.2) is 11.5 Å². The molecule has 1 saturated heterocycles. The van der Waals surface area contributed by atoms with E-state index < -0.39 is 31.1 Å². The molecule has 4 N–H and O–H groups in total. The molecule has 2 aromatic rings. The third-order valence-electron chi connectivity index (χ3n) is 3.50. The van der Waals surface area contributed by atoms with Crippen molar-refractivity contribution in [3.8, 4) is 0 Å². The number of nitrogens with zero attached hydrogens (tertiary/aromatic N) is 4. The van der Waals surface area contributed by atoms with Gasteiger partial charge in [-0.1, -0.05) is 0 Å². The van der Waals surface area contributed by atoms with Gasteiger partial charge in [-0.05, 0) is 0 Å². The molecule has 8 nitrogen and oxygen atoms in total. The number of aliphatic hydroxyl groups is 2. The van der Waals surface area contributed by atoms with Crippen molar-refractivity contribution in [2.45, 2.75) is 24.3 Å². The molecule has 0 bridgehead atoms. The molecule has 2 atom stereocenters. The molecule has 108 valence electrons. The quantitative estimate of drug-likeness (QED) is 0.676. The Morgan fingerprint density at radius 1 is 1.45 bits per heavy atom. The van der Waals surface area contributed by atoms with Crippen molar-refractivity contribution < 1.29 is 19.3 Å². The molecule has 9 heteroatoms. The number of nitrogens with two attached hydrogens (primary N) is 1. The largest absolute Gasteiger partial charge is 0.393 e. The lowest BCUT2D eigenvalue weighted by Gasteiger charge is -2.23. The normalized spacial score (nSPS) is 25.4. The third kappa shape index (κ3) is 1.82. The van der Waals surface area contributed by atoms with Crippen LogP contribution in [0.4, 0.5) is 10.2 Å². The number of ether oxygens (including phenoxy) is 1. The number of alkyl halides is 1. The topological polar surface area (TPSA) is 119 Å². The summed E-state index contributed by atoms with van der Waals surface area (Å²) in [6.07, 6.45) is 0.186. The molecule has 0 amide bonds. The zero-order chi connectivity index (χ0) is 14.3. The van der Waals surface area contributed by atoms with Gasteiger partial charge in [-0.2, -0.15) is 5.10 Å². The van der Waals surface area contributed by atoms with E-state index in [1.807, 2.05) is 0 Å². The number of fused-ring (bicyclic) bond motifs is 1. The van der Waals surface area contributed by atoms with Crippen LogP contribution < -0.4 is 5.73 Å². The molecule has 2 aromatic heterocycles. The standard InChI is InChI=1S/C11H14FN5O3/c12-6-1-11(3-18,4-19)20-8(6)7-2-14-10-9(13)15-5-16-17(7)10/h2,5-6,8,18-19H,1,3-4H2,(H2,13,15,16)/t6-,8-/m1/s1. The minimum absolute atomic E-state index is 0.0987. The van der Waals surface area contributed by atoms with Crippen LogP contribution in [0.3, 0.4) is 0 Å². The highest BCUT2D eigenvalue weighted by atomic mass is 19.1. The van der Waals surface area contributed by atoms with E-state index in [-0.39, 0.29) is 12.2 Å². The first-order valence-corrected chi connectivity index (χ1v) is 6.08. The lowest BCUT2D eigenvalue weighted by atomic mass is 10.0. The monoisotopic (exact) mass is 283 g/mol. The van der Waals surface area contributed by atoms with Gasteiger partial charge in [0.2, 0.25) is 0 Å². The Morgan fingerprint density at radius 3 is 2.85 bits per heavy atom. The molecule has 0 saturated carbocycles. The average Bonchev–Trinajstić information content (AvgIpc) is 3.01. The summed E-state index contributed by atoms with van der Waals surface area (Å²) < 4.78 is 21.1. The van der Waals surface area contributed by atoms with E-state index in [0.717, 1.165) is 0 Å². The van der Waals surface area contributed by atoms with Crippen LogP contribution in [-0.4, -0.2) is 54.8 Å². The molecule has 0 aliphatic carbocycles. The van der Waals surface area contributed by atoms with Gasteiger partial charge >= 0.3 is 0 Å². The number of hydrogen-bond donors (Lipinski definition) is 3. The Hall–Kier alpha value is -1.84. The summed E-state index contributed by atoms with van der Waals surface area (Å²) in [7, 11) is 0. The molecule has 20 heavy (non-hydrogen) atoms. The third-order valence-corrected chi connectivity index (χ3v) is 3.50. The number of aliphatic hydroxyl groups excluding tert-OH is 2. The summed E-state index contributed by atoms with van der Waals surface area (Å²) in [5, 5.41) is 22.5. The first kappa shape index (κ1) is 13.2. The van der Waals surface area contributed by atoms with Gasteiger partial charge in [-0.3, -0.25) is 0 Å². The van der Waals surface area contributed by atoms with E-state index in [1.54, 1.807) is 0 Å². The second kappa shape index (κ2) is 4.62. The second-order valence-electron chi connectivity index (χ2n) is 4.82. The maximum Gasteiger partial charge on any atom is 0.196 e. The number of anilines is 1. The van der Waals surface area contributed by atoms with E-state index in [2.05, 4.69) is 15.1 Å². The predicted octanol–water partition coefficient (Wildman–Crippen LogP) is -0.771. The minimum atomic E-state index is -1.38. The van der Waals surface area contributed by atoms with Crippen LogP contribution in [0.1, 0.15) is 18.2 Å². The van der Waals surface area contributed by atoms with Gasteiger partial charge in [0.05, 0.1) is 25.1 Å². The van der Waals surface area contributed by atoms with Crippen LogP contribution in [0.25, 0.3) is 5.65 Å². The first-order valence-electron chi connectivity index (χ1n) is 6.08. The average molecular weight is 283 g/mol. The van der Waals surface area contributed by atoms with Crippen molar-refractivity contribution in [3.63, 3.8) is 0 Å². The highest BCUT2D eigenvalue weighted by molar-refractivity contribution is 5.58. The van der Waals surface area contributed by atoms with Crippen molar-refractivity contribution in [1.29, 1.82) is 0 Å². The Kier molecular flexibility index (Phi) is 3.04. The number of aromatic nitrogens is 4. The molecule has 3 heterocycles. The summed E-state index contributed by atoms with van der Waals surface area (Å²) in [6, 6.07) is 0. The number of imidazole rings is 1. The molecule has 3 rings (SSSR count). The zero-order valence-electron chi connectivity index (χ0n) is 10.5. The molecule has 0 spiro atoms. The van der Waals surface area contributed by atoms with Crippen LogP contribution in [0.2, 0.25) is 0 Å². The van der Waals surface area contributed by atoms with Crippen molar-refractivity contribution in [1.82, 2.24) is 19.6 Å². The van der Waals surface area contributed by atoms with E-state index in [1.165, 1.54) is 17.0 Å². The minimum Gasteiger partial charge on any atom is -0.393 e. The second-order valence-corrected chi connectivity index (χ2v) is 4.82. The lowest BCUT2D eigenvalue weighted by molar-refractivity contribution is -0.105. The van der Waals surface area contributed by atoms with Crippen LogP contribution in [-0.2, 0) is 4.74 Å². The lowest BCUT2D eigenvalue weighted by Crippen LogP contribution is -2.37. The fraction of sp³-hybridized carbons (Fsp3) is 0.545. The molecule has 0 aromatic carbocycles. The van der Waals surface area contributed by atoms with Gasteiger partial charge in [-0.15, -0.1) is 0 Å². The molecule has 1 fully saturated rings. The molecular formula is C11H14FN5O3. The smallest absolute Gasteiger partial charge is 0.196 e. The molecular weight excluding hydrogens is 269 g/mol. The molecule has 0 unspecified atom stereocenters. The van der Waals surface area contributed by atoms with E-state index in [0.29, 0.717) is 11.3 Å². The SMILES string of the molecule is Nc1ncnn2c([C@@H]3OC(CO)(CO)C[C@H]3F)cnc12. The summed E-state index contributed by atoms with van der Waals surface area (Å²) in [4.78, 5) is 7.83. The summed E-state index contributed by atoms with van der Waals surface area (Å²) in [5.41, 5.74) is 5.05. The Bertz CT molecular complexity index is 630. The maximum atomic E-state index is 14.2. The first-order chi connectivity index (χ1) is 9.60. The Labute approximate surface area is 113 Å². The van der Waals surface area contributed by atoms with Crippen molar-refractivity contribution in [3.05, 3.63) is 18.2 Å². The molecule has 0 radical (unpaired) electrons. The van der Waals surface area contributed by atoms with Gasteiger partial charge in [0.25, 0.3) is 0 Å². The van der Waals surface area contributed by atoms with E-state index >= 15 is 0 Å². The van der Waals surface area contributed by atoms with Crippen molar-refractivity contribution >= 4 is 11.5 Å². The van der Waals surface area contributed by atoms with Crippen LogP contribution in [0.15, 0.2) is 12.5 Å². The summed E-state index contributed by atoms with van der Waals surface area (Å²) in [5.74, 6) is 0.176. The number of halogens is 1. The maximum absolute atomic E-state index is 14.2. The van der Waals surface area contributed by atoms with Gasteiger partial charge < -0.3 is 20.7 Å². The fourth-order valence-corrected chi connectivity index (χ4v) is 2.40. The predicted molar refractivity (Wildman–Crippen MR) is 65.4 cm³/mol. The van der Waals surface area contributed by atoms with Gasteiger partial charge in [-0.25, -0.2) is 18.9 Å². The van der Waals surface area contributed by atoms with Crippen molar-refractivity contribution in [2.75, 3.05) is 18.9 Å². The number of rotatable bonds is 3. The number of hydrogen-bond acceptors (Lipinski definition) is 7. The number of nitrogen functional groups attached to an aromatic ring is 1. The van der Waals surface area contributed by atoms with Crippen LogP contribution in [0.5, 0.6) is 0 Å². The van der Waals surface area contributed by atoms with Crippen LogP contribution in [0, 0.1) is 0 Å².